The van der Waals surface area contributed by atoms with Crippen molar-refractivity contribution in [1.29, 1.82) is 0 Å². The number of anilines is 1. The summed E-state index contributed by atoms with van der Waals surface area (Å²) in [6.07, 6.45) is 12.8. The van der Waals surface area contributed by atoms with Crippen LogP contribution in [0.3, 0.4) is 0 Å². The number of halogens is 1. The van der Waals surface area contributed by atoms with Gasteiger partial charge in [0.25, 0.3) is 0 Å². The van der Waals surface area contributed by atoms with Crippen molar-refractivity contribution in [3.8, 4) is 5.75 Å². The third kappa shape index (κ3) is 5.23. The van der Waals surface area contributed by atoms with Crippen LogP contribution in [0.4, 0.5) is 5.69 Å². The summed E-state index contributed by atoms with van der Waals surface area (Å²) in [5.41, 5.74) is 5.07. The van der Waals surface area contributed by atoms with Crippen LogP contribution in [0.5, 0.6) is 5.75 Å². The molecule has 1 atom stereocenters. The van der Waals surface area contributed by atoms with Gasteiger partial charge in [-0.2, -0.15) is 0 Å². The highest BCUT2D eigenvalue weighted by Crippen LogP contribution is 2.44. The molecule has 2 N–H and O–H groups in total. The van der Waals surface area contributed by atoms with E-state index in [9.17, 15) is 0 Å². The lowest BCUT2D eigenvalue weighted by molar-refractivity contribution is 0.236. The quantitative estimate of drug-likeness (QED) is 0.506. The van der Waals surface area contributed by atoms with E-state index in [4.69, 9.17) is 16.3 Å². The molecule has 0 spiro atoms. The van der Waals surface area contributed by atoms with Gasteiger partial charge in [0.15, 0.2) is 0 Å². The summed E-state index contributed by atoms with van der Waals surface area (Å²) in [5.74, 6) is 1.36. The summed E-state index contributed by atoms with van der Waals surface area (Å²) in [7, 11) is 1.71. The molecule has 33 heavy (non-hydrogen) atoms. The molecule has 1 saturated carbocycles. The summed E-state index contributed by atoms with van der Waals surface area (Å²) in [6.45, 7) is 3.23. The van der Waals surface area contributed by atoms with Gasteiger partial charge in [-0.3, -0.25) is 4.90 Å². The number of methoxy groups -OCH3 is 1. The Morgan fingerprint density at radius 2 is 1.88 bits per heavy atom. The molecule has 5 heteroatoms. The second-order valence-electron chi connectivity index (χ2n) is 9.53. The molecule has 3 aliphatic rings. The van der Waals surface area contributed by atoms with E-state index in [0.717, 1.165) is 30.4 Å². The normalized spacial score (nSPS) is 21.8. The van der Waals surface area contributed by atoms with Crippen molar-refractivity contribution < 1.29 is 4.74 Å². The highest BCUT2D eigenvalue weighted by Gasteiger charge is 2.26. The average molecular weight is 464 g/mol. The number of hydrogen-bond donors (Lipinski definition) is 2. The molecule has 2 aliphatic heterocycles. The van der Waals surface area contributed by atoms with Crippen molar-refractivity contribution in [1.82, 2.24) is 10.2 Å². The summed E-state index contributed by atoms with van der Waals surface area (Å²) < 4.78 is 5.62. The van der Waals surface area contributed by atoms with Crippen LogP contribution in [0, 0.1) is 0 Å². The van der Waals surface area contributed by atoms with Gasteiger partial charge >= 0.3 is 0 Å². The number of likely N-dealkylation sites (tertiary alicyclic amines) is 1. The van der Waals surface area contributed by atoms with Crippen LogP contribution in [-0.4, -0.2) is 37.7 Å². The minimum Gasteiger partial charge on any atom is -0.495 e. The molecule has 0 aromatic heterocycles. The zero-order valence-electron chi connectivity index (χ0n) is 19.4. The molecule has 1 aliphatic carbocycles. The van der Waals surface area contributed by atoms with E-state index < -0.39 is 0 Å². The summed E-state index contributed by atoms with van der Waals surface area (Å²) >= 11 is 6.66. The number of rotatable bonds is 7. The van der Waals surface area contributed by atoms with E-state index in [1.165, 1.54) is 54.5 Å². The first kappa shape index (κ1) is 22.4. The molecule has 1 unspecified atom stereocenters. The first-order chi connectivity index (χ1) is 16.2. The number of dihydropyridines is 1. The van der Waals surface area contributed by atoms with Crippen LogP contribution in [0.15, 0.2) is 66.4 Å². The van der Waals surface area contributed by atoms with E-state index in [-0.39, 0.29) is 6.04 Å². The fraction of sp³-hybridized carbons (Fsp3) is 0.429. The topological polar surface area (TPSA) is 36.5 Å². The minimum absolute atomic E-state index is 0.146. The minimum atomic E-state index is 0.146. The smallest absolute Gasteiger partial charge is 0.138 e. The van der Waals surface area contributed by atoms with Gasteiger partial charge in [0.2, 0.25) is 0 Å². The summed E-state index contributed by atoms with van der Waals surface area (Å²) in [4.78, 5) is 2.57. The Hall–Kier alpha value is -2.43. The fourth-order valence-corrected chi connectivity index (χ4v) is 5.46. The first-order valence-electron chi connectivity index (χ1n) is 12.2. The molecule has 1 saturated heterocycles. The number of hydrogen-bond acceptors (Lipinski definition) is 4. The van der Waals surface area contributed by atoms with Crippen LogP contribution >= 0.6 is 11.6 Å². The van der Waals surface area contributed by atoms with E-state index in [1.54, 1.807) is 7.11 Å². The van der Waals surface area contributed by atoms with Crippen molar-refractivity contribution >= 4 is 17.3 Å². The van der Waals surface area contributed by atoms with Crippen molar-refractivity contribution in [2.45, 2.75) is 50.1 Å². The lowest BCUT2D eigenvalue weighted by atomic mass is 9.79. The van der Waals surface area contributed by atoms with E-state index in [0.29, 0.717) is 12.0 Å². The van der Waals surface area contributed by atoms with Gasteiger partial charge in [0.1, 0.15) is 5.75 Å². The molecule has 2 aromatic carbocycles. The van der Waals surface area contributed by atoms with Crippen LogP contribution in [0.2, 0.25) is 5.02 Å². The Morgan fingerprint density at radius 3 is 2.58 bits per heavy atom. The largest absolute Gasteiger partial charge is 0.495 e. The van der Waals surface area contributed by atoms with E-state index >= 15 is 0 Å². The third-order valence-corrected chi connectivity index (χ3v) is 7.71. The molecule has 2 fully saturated rings. The third-order valence-electron chi connectivity index (χ3n) is 7.31. The Kier molecular flexibility index (Phi) is 6.93. The Balaban J connectivity index is 1.22. The maximum atomic E-state index is 6.66. The van der Waals surface area contributed by atoms with Crippen LogP contribution in [0.25, 0.3) is 0 Å². The molecule has 2 aromatic rings. The highest BCUT2D eigenvalue weighted by atomic mass is 35.5. The number of piperidine rings is 1. The monoisotopic (exact) mass is 463 g/mol. The van der Waals surface area contributed by atoms with Gasteiger partial charge in [0, 0.05) is 31.4 Å². The SMILES string of the molecule is COc1cc(C2C=C(CN3CCC(Nc4ccccc4)CC3)C=CN2)cc(C2CCC2)c1Cl. The van der Waals surface area contributed by atoms with E-state index in [1.807, 2.05) is 0 Å². The van der Waals surface area contributed by atoms with Crippen molar-refractivity contribution in [2.24, 2.45) is 0 Å². The van der Waals surface area contributed by atoms with E-state index in [2.05, 4.69) is 76.4 Å². The zero-order chi connectivity index (χ0) is 22.6. The fourth-order valence-electron chi connectivity index (χ4n) is 5.12. The molecule has 0 radical (unpaired) electrons. The molecule has 5 rings (SSSR count). The summed E-state index contributed by atoms with van der Waals surface area (Å²) in [5, 5.41) is 8.00. The predicted molar refractivity (Wildman–Crippen MR) is 137 cm³/mol. The molecule has 4 nitrogen and oxygen atoms in total. The molecule has 174 valence electrons. The number of nitrogens with one attached hydrogen (secondary N) is 2. The van der Waals surface area contributed by atoms with Gasteiger partial charge in [-0.1, -0.05) is 48.4 Å². The number of nitrogens with zero attached hydrogens (tertiary/aromatic N) is 1. The molecular weight excluding hydrogens is 430 g/mol. The van der Waals surface area contributed by atoms with Gasteiger partial charge in [-0.05, 0) is 78.8 Å². The van der Waals surface area contributed by atoms with Gasteiger partial charge < -0.3 is 15.4 Å². The standard InChI is InChI=1S/C28H34ClN3O/c1-33-27-18-22(17-25(28(27)29)21-6-5-7-21)26-16-20(10-13-30-26)19-32-14-11-24(12-15-32)31-23-8-3-2-4-9-23/h2-4,8-10,13,16-18,21,24,26,30-31H,5-7,11-12,14-15,19H2,1H3. The van der Waals surface area contributed by atoms with Gasteiger partial charge in [-0.15, -0.1) is 0 Å². The average Bonchev–Trinajstić information content (AvgIpc) is 2.81. The highest BCUT2D eigenvalue weighted by molar-refractivity contribution is 6.33. The van der Waals surface area contributed by atoms with Crippen LogP contribution < -0.4 is 15.4 Å². The van der Waals surface area contributed by atoms with Crippen molar-refractivity contribution in [3.63, 3.8) is 0 Å². The van der Waals surface area contributed by atoms with Crippen molar-refractivity contribution in [3.05, 3.63) is 82.5 Å². The number of benzene rings is 2. The maximum absolute atomic E-state index is 6.66. The Bertz CT molecular complexity index is 1010. The lowest BCUT2D eigenvalue weighted by Crippen LogP contribution is -2.40. The lowest BCUT2D eigenvalue weighted by Gasteiger charge is -2.34. The molecule has 0 bridgehead atoms. The molecule has 0 amide bonds. The number of para-hydroxylation sites is 1. The number of ether oxygens (including phenoxy) is 1. The van der Waals surface area contributed by atoms with Gasteiger partial charge in [0.05, 0.1) is 18.2 Å². The second kappa shape index (κ2) is 10.2. The Morgan fingerprint density at radius 1 is 1.09 bits per heavy atom. The van der Waals surface area contributed by atoms with Crippen LogP contribution in [-0.2, 0) is 0 Å². The first-order valence-corrected chi connectivity index (χ1v) is 12.6. The molecule has 2 heterocycles. The molecular formula is C28H34ClN3O. The zero-order valence-corrected chi connectivity index (χ0v) is 20.2. The predicted octanol–water partition coefficient (Wildman–Crippen LogP) is 6.28. The van der Waals surface area contributed by atoms with Crippen LogP contribution in [0.1, 0.15) is 55.2 Å². The second-order valence-corrected chi connectivity index (χ2v) is 9.91. The maximum Gasteiger partial charge on any atom is 0.138 e. The van der Waals surface area contributed by atoms with Crippen molar-refractivity contribution in [2.75, 3.05) is 32.1 Å². The van der Waals surface area contributed by atoms with Gasteiger partial charge in [-0.25, -0.2) is 0 Å². The summed E-state index contributed by atoms with van der Waals surface area (Å²) in [6, 6.07) is 15.6. The Labute approximate surface area is 202 Å².